The second kappa shape index (κ2) is 10.6. The average Bonchev–Trinajstić information content (AvgIpc) is 3.54. The first-order valence-electron chi connectivity index (χ1n) is 11.5. The third kappa shape index (κ3) is 5.26. The number of hydrogen-bond donors (Lipinski definition) is 0. The molecule has 10 heteroatoms. The SMILES string of the molecule is CSc1ncc(Cl)c(C(=O)N2CCC(c3nccn3Cc3nccn3Cc3ccccc3)CC2)n1. The minimum absolute atomic E-state index is 0.141. The standard InChI is InChI=1S/C25H26ClN7OS/c1-35-25-29-15-20(26)22(30-25)24(34)31-11-7-19(8-12-31)23-28-10-14-33(23)17-21-27-9-13-32(21)16-18-5-3-2-4-6-18/h2-6,9-10,13-15,19H,7-8,11-12,16-17H2,1H3. The molecule has 1 aliphatic rings. The number of carbonyl (C=O) groups is 1. The molecular weight excluding hydrogens is 482 g/mol. The maximum Gasteiger partial charge on any atom is 0.274 e. The van der Waals surface area contributed by atoms with Gasteiger partial charge >= 0.3 is 0 Å². The fourth-order valence-electron chi connectivity index (χ4n) is 4.47. The molecule has 0 radical (unpaired) electrons. The number of rotatable bonds is 7. The molecule has 8 nitrogen and oxygen atoms in total. The van der Waals surface area contributed by atoms with E-state index in [1.165, 1.54) is 23.5 Å². The summed E-state index contributed by atoms with van der Waals surface area (Å²) in [7, 11) is 0. The van der Waals surface area contributed by atoms with Gasteiger partial charge in [-0.25, -0.2) is 19.9 Å². The zero-order valence-electron chi connectivity index (χ0n) is 19.4. The molecule has 0 saturated carbocycles. The number of hydrogen-bond acceptors (Lipinski definition) is 6. The number of aromatic nitrogens is 6. The van der Waals surface area contributed by atoms with E-state index in [1.807, 2.05) is 42.0 Å². The Morgan fingerprint density at radius 2 is 1.77 bits per heavy atom. The van der Waals surface area contributed by atoms with Gasteiger partial charge in [-0.3, -0.25) is 4.79 Å². The first-order chi connectivity index (χ1) is 17.1. The highest BCUT2D eigenvalue weighted by Crippen LogP contribution is 2.29. The van der Waals surface area contributed by atoms with E-state index in [0.29, 0.717) is 24.8 Å². The number of amides is 1. The molecule has 180 valence electrons. The molecule has 0 aliphatic carbocycles. The van der Waals surface area contributed by atoms with Crippen LogP contribution in [0.5, 0.6) is 0 Å². The van der Waals surface area contributed by atoms with E-state index in [-0.39, 0.29) is 22.5 Å². The van der Waals surface area contributed by atoms with Gasteiger partial charge in [-0.15, -0.1) is 0 Å². The normalized spacial score (nSPS) is 14.4. The summed E-state index contributed by atoms with van der Waals surface area (Å²) in [5.74, 6) is 2.16. The molecule has 35 heavy (non-hydrogen) atoms. The lowest BCUT2D eigenvalue weighted by atomic mass is 9.95. The predicted molar refractivity (Wildman–Crippen MR) is 136 cm³/mol. The lowest BCUT2D eigenvalue weighted by molar-refractivity contribution is 0.0703. The Balaban J connectivity index is 1.25. The smallest absolute Gasteiger partial charge is 0.274 e. The summed E-state index contributed by atoms with van der Waals surface area (Å²) in [6.07, 6.45) is 12.8. The summed E-state index contributed by atoms with van der Waals surface area (Å²) in [5.41, 5.74) is 1.51. The molecule has 1 aliphatic heterocycles. The van der Waals surface area contributed by atoms with Gasteiger partial charge in [0.25, 0.3) is 5.91 Å². The Bertz CT molecular complexity index is 1300. The molecule has 1 saturated heterocycles. The van der Waals surface area contributed by atoms with E-state index < -0.39 is 0 Å². The Kier molecular flexibility index (Phi) is 7.15. The van der Waals surface area contributed by atoms with Crippen molar-refractivity contribution in [2.45, 2.75) is 37.0 Å². The largest absolute Gasteiger partial charge is 0.337 e. The minimum Gasteiger partial charge on any atom is -0.337 e. The second-order valence-corrected chi connectivity index (χ2v) is 9.67. The minimum atomic E-state index is -0.141. The highest BCUT2D eigenvalue weighted by Gasteiger charge is 2.29. The van der Waals surface area contributed by atoms with E-state index in [1.54, 1.807) is 0 Å². The van der Waals surface area contributed by atoms with Gasteiger partial charge in [0, 0.05) is 50.3 Å². The summed E-state index contributed by atoms with van der Waals surface area (Å²) in [5, 5.41) is 0.830. The molecule has 1 amide bonds. The van der Waals surface area contributed by atoms with Gasteiger partial charge in [0.1, 0.15) is 11.6 Å². The summed E-state index contributed by atoms with van der Waals surface area (Å²) in [6.45, 7) is 2.70. The molecule has 0 unspecified atom stereocenters. The molecule has 3 aromatic heterocycles. The highest BCUT2D eigenvalue weighted by molar-refractivity contribution is 7.98. The molecule has 0 atom stereocenters. The number of halogens is 1. The van der Waals surface area contributed by atoms with E-state index in [0.717, 1.165) is 31.0 Å². The quantitative estimate of drug-likeness (QED) is 0.273. The summed E-state index contributed by atoms with van der Waals surface area (Å²) >= 11 is 7.62. The molecular formula is C25H26ClN7OS. The monoisotopic (exact) mass is 507 g/mol. The van der Waals surface area contributed by atoms with Crippen molar-refractivity contribution < 1.29 is 4.79 Å². The fourth-order valence-corrected chi connectivity index (χ4v) is 4.98. The third-order valence-electron chi connectivity index (χ3n) is 6.31. The van der Waals surface area contributed by atoms with Crippen LogP contribution in [0, 0.1) is 0 Å². The third-order valence-corrected chi connectivity index (χ3v) is 7.15. The van der Waals surface area contributed by atoms with Crippen LogP contribution in [0.3, 0.4) is 0 Å². The van der Waals surface area contributed by atoms with Crippen LogP contribution in [0.4, 0.5) is 0 Å². The zero-order valence-corrected chi connectivity index (χ0v) is 21.0. The van der Waals surface area contributed by atoms with Crippen LogP contribution in [-0.4, -0.2) is 59.2 Å². The van der Waals surface area contributed by atoms with Gasteiger partial charge in [0.2, 0.25) is 0 Å². The lowest BCUT2D eigenvalue weighted by Crippen LogP contribution is -2.39. The van der Waals surface area contributed by atoms with Crippen molar-refractivity contribution in [2.24, 2.45) is 0 Å². The molecule has 4 heterocycles. The van der Waals surface area contributed by atoms with E-state index in [2.05, 4.69) is 53.3 Å². The summed E-state index contributed by atoms with van der Waals surface area (Å²) in [6, 6.07) is 10.4. The van der Waals surface area contributed by atoms with Crippen LogP contribution in [0.25, 0.3) is 0 Å². The number of piperidine rings is 1. The molecule has 1 fully saturated rings. The Hall–Kier alpha value is -3.17. The van der Waals surface area contributed by atoms with Crippen LogP contribution in [0.2, 0.25) is 5.02 Å². The van der Waals surface area contributed by atoms with Gasteiger partial charge in [-0.2, -0.15) is 0 Å². The second-order valence-electron chi connectivity index (χ2n) is 8.49. The van der Waals surface area contributed by atoms with Gasteiger partial charge in [0.15, 0.2) is 10.9 Å². The van der Waals surface area contributed by atoms with Crippen molar-refractivity contribution in [1.29, 1.82) is 0 Å². The fraction of sp³-hybridized carbons (Fsp3) is 0.320. The molecule has 0 N–H and O–H groups in total. The van der Waals surface area contributed by atoms with Crippen LogP contribution in [-0.2, 0) is 13.1 Å². The first-order valence-corrected chi connectivity index (χ1v) is 13.1. The maximum absolute atomic E-state index is 13.1. The predicted octanol–water partition coefficient (Wildman–Crippen LogP) is 4.36. The van der Waals surface area contributed by atoms with Gasteiger partial charge < -0.3 is 14.0 Å². The van der Waals surface area contributed by atoms with Crippen molar-refractivity contribution >= 4 is 29.3 Å². The topological polar surface area (TPSA) is 81.7 Å². The van der Waals surface area contributed by atoms with Gasteiger partial charge in [-0.1, -0.05) is 53.7 Å². The highest BCUT2D eigenvalue weighted by atomic mass is 35.5. The van der Waals surface area contributed by atoms with Crippen LogP contribution in [0.1, 0.15) is 46.5 Å². The van der Waals surface area contributed by atoms with Crippen molar-refractivity contribution in [3.63, 3.8) is 0 Å². The Morgan fingerprint density at radius 3 is 2.54 bits per heavy atom. The van der Waals surface area contributed by atoms with Crippen molar-refractivity contribution in [1.82, 2.24) is 34.0 Å². The maximum atomic E-state index is 13.1. The summed E-state index contributed by atoms with van der Waals surface area (Å²) in [4.78, 5) is 32.6. The Labute approximate surface area is 213 Å². The average molecular weight is 508 g/mol. The number of likely N-dealkylation sites (tertiary alicyclic amines) is 1. The number of benzene rings is 1. The zero-order chi connectivity index (χ0) is 24.2. The van der Waals surface area contributed by atoms with Gasteiger partial charge in [0.05, 0.1) is 17.8 Å². The van der Waals surface area contributed by atoms with E-state index in [9.17, 15) is 4.79 Å². The van der Waals surface area contributed by atoms with Crippen molar-refractivity contribution in [3.8, 4) is 0 Å². The number of carbonyl (C=O) groups excluding carboxylic acids is 1. The molecule has 5 rings (SSSR count). The van der Waals surface area contributed by atoms with E-state index in [4.69, 9.17) is 11.6 Å². The van der Waals surface area contributed by atoms with Gasteiger partial charge in [-0.05, 0) is 24.7 Å². The molecule has 4 aromatic rings. The molecule has 0 spiro atoms. The number of nitrogens with zero attached hydrogens (tertiary/aromatic N) is 7. The first kappa shape index (κ1) is 23.6. The molecule has 0 bridgehead atoms. The van der Waals surface area contributed by atoms with Crippen LogP contribution in [0.15, 0.2) is 66.5 Å². The van der Waals surface area contributed by atoms with Crippen molar-refractivity contribution in [2.75, 3.05) is 19.3 Å². The van der Waals surface area contributed by atoms with Crippen molar-refractivity contribution in [3.05, 3.63) is 89.2 Å². The van der Waals surface area contributed by atoms with Crippen LogP contribution >= 0.6 is 23.4 Å². The van der Waals surface area contributed by atoms with E-state index >= 15 is 0 Å². The summed E-state index contributed by atoms with van der Waals surface area (Å²) < 4.78 is 4.35. The lowest BCUT2D eigenvalue weighted by Gasteiger charge is -2.32. The number of imidazole rings is 2. The van der Waals surface area contributed by atoms with Crippen LogP contribution < -0.4 is 0 Å². The molecule has 1 aromatic carbocycles. The number of thioether (sulfide) groups is 1. The Morgan fingerprint density at radius 1 is 1.03 bits per heavy atom.